The summed E-state index contributed by atoms with van der Waals surface area (Å²) < 4.78 is 39.4. The molecule has 0 aromatic heterocycles. The molecule has 4 nitrogen and oxygen atoms in total. The molecule has 1 fully saturated rings. The van der Waals surface area contributed by atoms with Crippen molar-refractivity contribution in [1.82, 2.24) is 4.90 Å². The van der Waals surface area contributed by atoms with Gasteiger partial charge in [0.2, 0.25) is 5.91 Å². The minimum Gasteiger partial charge on any atom is -0.371 e. The Hall–Kier alpha value is -2.05. The number of nitrogens with zero attached hydrogens (tertiary/aromatic N) is 1. The largest absolute Gasteiger partial charge is 0.371 e. The number of amides is 2. The summed E-state index contributed by atoms with van der Waals surface area (Å²) in [6.45, 7) is 3.35. The Bertz CT molecular complexity index is 575. The van der Waals surface area contributed by atoms with Crippen molar-refractivity contribution in [2.75, 3.05) is 5.32 Å². The Morgan fingerprint density at radius 2 is 1.85 bits per heavy atom. The van der Waals surface area contributed by atoms with E-state index in [2.05, 4.69) is 5.32 Å². The molecule has 0 aliphatic carbocycles. The van der Waals surface area contributed by atoms with Crippen LogP contribution < -0.4 is 5.32 Å². The third kappa shape index (κ3) is 2.35. The van der Waals surface area contributed by atoms with Crippen LogP contribution in [0.5, 0.6) is 0 Å². The zero-order chi connectivity index (χ0) is 15.0. The molecule has 2 amide bonds. The summed E-state index contributed by atoms with van der Waals surface area (Å²) in [6, 6.07) is 0.465. The predicted molar refractivity (Wildman–Crippen MR) is 65.3 cm³/mol. The smallest absolute Gasteiger partial charge is 0.252 e. The molecule has 7 heteroatoms. The summed E-state index contributed by atoms with van der Waals surface area (Å²) in [5.41, 5.74) is -0.347. The lowest BCUT2D eigenvalue weighted by Crippen LogP contribution is -2.39. The van der Waals surface area contributed by atoms with Crippen molar-refractivity contribution in [2.45, 2.75) is 32.4 Å². The first kappa shape index (κ1) is 14.4. The number of rotatable bonds is 3. The predicted octanol–water partition coefficient (Wildman–Crippen LogP) is 2.05. The lowest BCUT2D eigenvalue weighted by molar-refractivity contribution is -0.140. The fourth-order valence-corrected chi connectivity index (χ4v) is 2.13. The van der Waals surface area contributed by atoms with Gasteiger partial charge >= 0.3 is 0 Å². The van der Waals surface area contributed by atoms with E-state index in [1.54, 1.807) is 13.8 Å². The SMILES string of the molecule is CC(C)N1C(=O)CC(Nc2ccc(F)c(F)c2F)C1=O. The highest BCUT2D eigenvalue weighted by Crippen LogP contribution is 2.24. The highest BCUT2D eigenvalue weighted by atomic mass is 19.2. The third-order valence-corrected chi connectivity index (χ3v) is 3.06. The molecular formula is C13H13F3N2O2. The molecule has 1 aliphatic heterocycles. The van der Waals surface area contributed by atoms with Crippen LogP contribution in [0.2, 0.25) is 0 Å². The summed E-state index contributed by atoms with van der Waals surface area (Å²) in [5, 5.41) is 2.45. The Morgan fingerprint density at radius 1 is 1.20 bits per heavy atom. The quantitative estimate of drug-likeness (QED) is 0.683. The first-order valence-corrected chi connectivity index (χ1v) is 6.09. The number of hydrogen-bond donors (Lipinski definition) is 1. The molecule has 1 aromatic carbocycles. The second-order valence-corrected chi connectivity index (χ2v) is 4.82. The number of anilines is 1. The first-order chi connectivity index (χ1) is 9.32. The second-order valence-electron chi connectivity index (χ2n) is 4.82. The highest BCUT2D eigenvalue weighted by molar-refractivity contribution is 6.07. The first-order valence-electron chi connectivity index (χ1n) is 6.09. The van der Waals surface area contributed by atoms with E-state index in [0.717, 1.165) is 17.0 Å². The van der Waals surface area contributed by atoms with Gasteiger partial charge in [0.1, 0.15) is 6.04 Å². The summed E-state index contributed by atoms with van der Waals surface area (Å²) in [6.07, 6.45) is -0.143. The minimum absolute atomic E-state index is 0.143. The molecule has 0 spiro atoms. The molecule has 0 bridgehead atoms. The topological polar surface area (TPSA) is 49.4 Å². The molecule has 1 saturated heterocycles. The van der Waals surface area contributed by atoms with Crippen molar-refractivity contribution in [1.29, 1.82) is 0 Å². The van der Waals surface area contributed by atoms with Gasteiger partial charge in [-0.05, 0) is 26.0 Å². The maximum Gasteiger partial charge on any atom is 0.252 e. The molecule has 0 saturated carbocycles. The number of nitrogens with one attached hydrogen (secondary N) is 1. The van der Waals surface area contributed by atoms with Crippen molar-refractivity contribution in [3.63, 3.8) is 0 Å². The van der Waals surface area contributed by atoms with E-state index in [1.807, 2.05) is 0 Å². The Morgan fingerprint density at radius 3 is 2.40 bits per heavy atom. The highest BCUT2D eigenvalue weighted by Gasteiger charge is 2.40. The molecule has 2 rings (SSSR count). The van der Waals surface area contributed by atoms with Crippen LogP contribution in [-0.2, 0) is 9.59 Å². The van der Waals surface area contributed by atoms with Crippen LogP contribution in [0.3, 0.4) is 0 Å². The minimum atomic E-state index is -1.62. The van der Waals surface area contributed by atoms with Crippen LogP contribution in [0, 0.1) is 17.5 Å². The molecule has 1 aliphatic rings. The molecule has 1 heterocycles. The van der Waals surface area contributed by atoms with Gasteiger partial charge in [0.05, 0.1) is 12.1 Å². The van der Waals surface area contributed by atoms with Crippen molar-refractivity contribution in [3.05, 3.63) is 29.6 Å². The number of carbonyl (C=O) groups is 2. The lowest BCUT2D eigenvalue weighted by atomic mass is 10.2. The van der Waals surface area contributed by atoms with Crippen LogP contribution in [0.4, 0.5) is 18.9 Å². The molecule has 1 aromatic rings. The van der Waals surface area contributed by atoms with E-state index >= 15 is 0 Å². The fourth-order valence-electron chi connectivity index (χ4n) is 2.13. The maximum absolute atomic E-state index is 13.5. The van der Waals surface area contributed by atoms with Crippen molar-refractivity contribution in [3.8, 4) is 0 Å². The monoisotopic (exact) mass is 286 g/mol. The molecule has 0 radical (unpaired) electrons. The Kier molecular flexibility index (Phi) is 3.69. The standard InChI is InChI=1S/C13H13F3N2O2/c1-6(2)18-10(19)5-9(13(18)20)17-8-4-3-7(14)11(15)12(8)16/h3-4,6,9,17H,5H2,1-2H3. The summed E-state index contributed by atoms with van der Waals surface area (Å²) in [4.78, 5) is 24.7. The number of imide groups is 1. The second kappa shape index (κ2) is 5.15. The zero-order valence-electron chi connectivity index (χ0n) is 10.9. The van der Waals surface area contributed by atoms with Crippen LogP contribution in [0.1, 0.15) is 20.3 Å². The van der Waals surface area contributed by atoms with Crippen molar-refractivity contribution in [2.24, 2.45) is 0 Å². The van der Waals surface area contributed by atoms with E-state index in [1.165, 1.54) is 0 Å². The maximum atomic E-state index is 13.5. The van der Waals surface area contributed by atoms with Gasteiger partial charge in [0, 0.05) is 6.04 Å². The number of hydrogen-bond acceptors (Lipinski definition) is 3. The van der Waals surface area contributed by atoms with E-state index < -0.39 is 29.4 Å². The Labute approximate surface area is 113 Å². The van der Waals surface area contributed by atoms with Crippen LogP contribution in [0.25, 0.3) is 0 Å². The number of likely N-dealkylation sites (tertiary alicyclic amines) is 1. The van der Waals surface area contributed by atoms with E-state index in [-0.39, 0.29) is 24.1 Å². The fraction of sp³-hybridized carbons (Fsp3) is 0.385. The van der Waals surface area contributed by atoms with Crippen LogP contribution in [-0.4, -0.2) is 28.8 Å². The van der Waals surface area contributed by atoms with Gasteiger partial charge in [0.25, 0.3) is 5.91 Å². The average Bonchev–Trinajstić information content (AvgIpc) is 2.65. The van der Waals surface area contributed by atoms with Crippen molar-refractivity contribution >= 4 is 17.5 Å². The zero-order valence-corrected chi connectivity index (χ0v) is 10.9. The van der Waals surface area contributed by atoms with E-state index in [4.69, 9.17) is 0 Å². The van der Waals surface area contributed by atoms with Crippen LogP contribution >= 0.6 is 0 Å². The van der Waals surface area contributed by atoms with Gasteiger partial charge in [0.15, 0.2) is 17.5 Å². The van der Waals surface area contributed by atoms with E-state index in [9.17, 15) is 22.8 Å². The number of benzene rings is 1. The van der Waals surface area contributed by atoms with Gasteiger partial charge in [-0.1, -0.05) is 0 Å². The van der Waals surface area contributed by atoms with E-state index in [0.29, 0.717) is 0 Å². The van der Waals surface area contributed by atoms with Crippen LogP contribution in [0.15, 0.2) is 12.1 Å². The number of carbonyl (C=O) groups excluding carboxylic acids is 2. The van der Waals surface area contributed by atoms with Gasteiger partial charge in [-0.15, -0.1) is 0 Å². The molecule has 20 heavy (non-hydrogen) atoms. The number of halogens is 3. The average molecular weight is 286 g/mol. The Balaban J connectivity index is 2.22. The lowest BCUT2D eigenvalue weighted by Gasteiger charge is -2.19. The summed E-state index contributed by atoms with van der Waals surface area (Å²) in [5.74, 6) is -5.23. The van der Waals surface area contributed by atoms with Gasteiger partial charge in [-0.3, -0.25) is 14.5 Å². The van der Waals surface area contributed by atoms with Gasteiger partial charge in [-0.2, -0.15) is 0 Å². The molecule has 1 atom stereocenters. The summed E-state index contributed by atoms with van der Waals surface area (Å²) in [7, 11) is 0. The molecule has 1 unspecified atom stereocenters. The third-order valence-electron chi connectivity index (χ3n) is 3.06. The van der Waals surface area contributed by atoms with Crippen molar-refractivity contribution < 1.29 is 22.8 Å². The van der Waals surface area contributed by atoms with Gasteiger partial charge in [-0.25, -0.2) is 13.2 Å². The summed E-state index contributed by atoms with van der Waals surface area (Å²) >= 11 is 0. The molecule has 108 valence electrons. The normalized spacial score (nSPS) is 19.1. The van der Waals surface area contributed by atoms with Gasteiger partial charge < -0.3 is 5.32 Å². The molecular weight excluding hydrogens is 273 g/mol. The molecule has 1 N–H and O–H groups in total.